The smallest absolute Gasteiger partial charge is 0.329 e. The van der Waals surface area contributed by atoms with E-state index in [0.29, 0.717) is 5.92 Å². The highest BCUT2D eigenvalue weighted by Gasteiger charge is 2.38. The molecule has 0 aromatic heterocycles. The number of hydrogen-bond donors (Lipinski definition) is 0. The van der Waals surface area contributed by atoms with Gasteiger partial charge in [-0.15, -0.1) is 0 Å². The van der Waals surface area contributed by atoms with Gasteiger partial charge in [-0.3, -0.25) is 14.4 Å². The van der Waals surface area contributed by atoms with Crippen molar-refractivity contribution in [2.75, 3.05) is 0 Å². The molecule has 0 bridgehead atoms. The van der Waals surface area contributed by atoms with Crippen LogP contribution in [0.2, 0.25) is 0 Å². The molecule has 22 heavy (non-hydrogen) atoms. The highest BCUT2D eigenvalue weighted by Crippen LogP contribution is 2.44. The summed E-state index contributed by atoms with van der Waals surface area (Å²) in [5, 5.41) is 0. The fourth-order valence-corrected chi connectivity index (χ4v) is 3.64. The Morgan fingerprint density at radius 3 is 2.64 bits per heavy atom. The first-order valence-corrected chi connectivity index (χ1v) is 7.88. The minimum absolute atomic E-state index is 0.127. The van der Waals surface area contributed by atoms with Gasteiger partial charge in [-0.2, -0.15) is 0 Å². The molecule has 3 atom stereocenters. The van der Waals surface area contributed by atoms with Crippen molar-refractivity contribution in [3.05, 3.63) is 24.0 Å². The highest BCUT2D eigenvalue weighted by atomic mass is 16.5. The summed E-state index contributed by atoms with van der Waals surface area (Å²) in [6, 6.07) is 0. The zero-order chi connectivity index (χ0) is 16.5. The van der Waals surface area contributed by atoms with Gasteiger partial charge in [-0.1, -0.05) is 39.7 Å². The molecule has 0 N–H and O–H groups in total. The van der Waals surface area contributed by atoms with Crippen molar-refractivity contribution in [1.82, 2.24) is 0 Å². The third-order valence-corrected chi connectivity index (χ3v) is 4.88. The van der Waals surface area contributed by atoms with Gasteiger partial charge in [0.2, 0.25) is 0 Å². The lowest BCUT2D eigenvalue weighted by atomic mass is 9.64. The molecule has 4 nitrogen and oxygen atoms in total. The van der Waals surface area contributed by atoms with E-state index in [1.165, 1.54) is 25.5 Å². The Labute approximate surface area is 131 Å². The second-order valence-electron chi connectivity index (χ2n) is 7.16. The average molecular weight is 304 g/mol. The molecule has 1 saturated carbocycles. The minimum atomic E-state index is -1.33. The Hall–Kier alpha value is -1.71. The quantitative estimate of drug-likeness (QED) is 0.456. The minimum Gasteiger partial charge on any atom is -0.430 e. The second kappa shape index (κ2) is 6.19. The molecule has 0 amide bonds. The van der Waals surface area contributed by atoms with E-state index in [0.717, 1.165) is 12.8 Å². The van der Waals surface area contributed by atoms with Crippen LogP contribution in [-0.4, -0.2) is 17.5 Å². The molecule has 120 valence electrons. The lowest BCUT2D eigenvalue weighted by Gasteiger charge is -2.41. The molecular weight excluding hydrogens is 280 g/mol. The topological polar surface area (TPSA) is 60.4 Å². The van der Waals surface area contributed by atoms with Gasteiger partial charge < -0.3 is 4.74 Å². The second-order valence-corrected chi connectivity index (χ2v) is 7.16. The summed E-state index contributed by atoms with van der Waals surface area (Å²) in [6.07, 6.45) is 7.96. The number of ether oxygens (including phenoxy) is 1. The Kier molecular flexibility index (Phi) is 4.69. The van der Waals surface area contributed by atoms with Crippen LogP contribution in [0.15, 0.2) is 24.0 Å². The van der Waals surface area contributed by atoms with Crippen molar-refractivity contribution in [2.45, 2.75) is 47.0 Å². The van der Waals surface area contributed by atoms with Crippen LogP contribution in [0.3, 0.4) is 0 Å². The molecule has 4 heteroatoms. The molecule has 0 radical (unpaired) electrons. The first-order chi connectivity index (χ1) is 10.2. The highest BCUT2D eigenvalue weighted by molar-refractivity contribution is 6.24. The standard InChI is InChI=1S/C18H24O4/c1-11-6-5-9-18(3,4)13(11)7-8-14(19)16-15(20)10-12(2)22-17(16)21/h7-8,10-11,13,16H,5-6,9H2,1-4H3. The maximum atomic E-state index is 12.2. The first-order valence-electron chi connectivity index (χ1n) is 7.88. The Balaban J connectivity index is 2.14. The van der Waals surface area contributed by atoms with Gasteiger partial charge in [-0.25, -0.2) is 0 Å². The fourth-order valence-electron chi connectivity index (χ4n) is 3.64. The molecule has 0 saturated heterocycles. The Morgan fingerprint density at radius 2 is 2.05 bits per heavy atom. The average Bonchev–Trinajstić information content (AvgIpc) is 2.35. The van der Waals surface area contributed by atoms with Crippen LogP contribution in [0, 0.1) is 23.2 Å². The van der Waals surface area contributed by atoms with Crippen LogP contribution in [0.4, 0.5) is 0 Å². The molecule has 0 aromatic rings. The van der Waals surface area contributed by atoms with E-state index in [1.807, 2.05) is 6.08 Å². The van der Waals surface area contributed by atoms with E-state index < -0.39 is 23.5 Å². The molecule has 3 unspecified atom stereocenters. The van der Waals surface area contributed by atoms with Gasteiger partial charge >= 0.3 is 5.97 Å². The van der Waals surface area contributed by atoms with E-state index in [-0.39, 0.29) is 17.1 Å². The van der Waals surface area contributed by atoms with Gasteiger partial charge in [-0.05, 0) is 36.7 Å². The third-order valence-electron chi connectivity index (χ3n) is 4.88. The van der Waals surface area contributed by atoms with Crippen molar-refractivity contribution in [3.63, 3.8) is 0 Å². The summed E-state index contributed by atoms with van der Waals surface area (Å²) in [6.45, 7) is 8.12. The van der Waals surface area contributed by atoms with Gasteiger partial charge in [0.1, 0.15) is 5.76 Å². The van der Waals surface area contributed by atoms with Crippen LogP contribution >= 0.6 is 0 Å². The summed E-state index contributed by atoms with van der Waals surface area (Å²) in [7, 11) is 0. The molecule has 0 spiro atoms. The van der Waals surface area contributed by atoms with Gasteiger partial charge in [0.25, 0.3) is 0 Å². The lowest BCUT2D eigenvalue weighted by molar-refractivity contribution is -0.151. The number of hydrogen-bond acceptors (Lipinski definition) is 4. The number of esters is 1. The van der Waals surface area contributed by atoms with Crippen molar-refractivity contribution in [3.8, 4) is 0 Å². The summed E-state index contributed by atoms with van der Waals surface area (Å²) in [5.41, 5.74) is 0.127. The van der Waals surface area contributed by atoms with Crippen LogP contribution < -0.4 is 0 Å². The summed E-state index contributed by atoms with van der Waals surface area (Å²) < 4.78 is 4.89. The largest absolute Gasteiger partial charge is 0.430 e. The van der Waals surface area contributed by atoms with Crippen molar-refractivity contribution < 1.29 is 19.1 Å². The van der Waals surface area contributed by atoms with E-state index in [9.17, 15) is 14.4 Å². The van der Waals surface area contributed by atoms with Gasteiger partial charge in [0, 0.05) is 6.08 Å². The third kappa shape index (κ3) is 3.37. The summed E-state index contributed by atoms with van der Waals surface area (Å²) in [4.78, 5) is 35.9. The predicted molar refractivity (Wildman–Crippen MR) is 82.8 cm³/mol. The number of ketones is 2. The summed E-state index contributed by atoms with van der Waals surface area (Å²) >= 11 is 0. The predicted octanol–water partition coefficient (Wildman–Crippen LogP) is 3.22. The number of cyclic esters (lactones) is 1. The summed E-state index contributed by atoms with van der Waals surface area (Å²) in [5.74, 6) is -2.06. The Morgan fingerprint density at radius 1 is 1.36 bits per heavy atom. The van der Waals surface area contributed by atoms with Crippen LogP contribution in [0.25, 0.3) is 0 Å². The Bertz CT molecular complexity index is 553. The molecular formula is C18H24O4. The van der Waals surface area contributed by atoms with Crippen LogP contribution in [0.5, 0.6) is 0 Å². The van der Waals surface area contributed by atoms with Gasteiger partial charge in [0.15, 0.2) is 17.5 Å². The van der Waals surface area contributed by atoms with Crippen LogP contribution in [0.1, 0.15) is 47.0 Å². The number of rotatable bonds is 3. The van der Waals surface area contributed by atoms with E-state index in [2.05, 4.69) is 20.8 Å². The van der Waals surface area contributed by atoms with Gasteiger partial charge in [0.05, 0.1) is 0 Å². The van der Waals surface area contributed by atoms with Crippen molar-refractivity contribution in [2.24, 2.45) is 23.2 Å². The first kappa shape index (κ1) is 16.7. The maximum Gasteiger partial charge on any atom is 0.329 e. The van der Waals surface area contributed by atoms with Crippen molar-refractivity contribution >= 4 is 17.5 Å². The van der Waals surface area contributed by atoms with E-state index in [4.69, 9.17) is 4.74 Å². The molecule has 1 heterocycles. The lowest BCUT2D eigenvalue weighted by Crippen LogP contribution is -2.35. The zero-order valence-corrected chi connectivity index (χ0v) is 13.7. The monoisotopic (exact) mass is 304 g/mol. The number of allylic oxidation sites excluding steroid dienone is 4. The van der Waals surface area contributed by atoms with E-state index in [1.54, 1.807) is 0 Å². The number of carbonyl (C=O) groups is 3. The van der Waals surface area contributed by atoms with Crippen LogP contribution in [-0.2, 0) is 19.1 Å². The fraction of sp³-hybridized carbons (Fsp3) is 0.611. The van der Waals surface area contributed by atoms with Crippen molar-refractivity contribution in [1.29, 1.82) is 0 Å². The molecule has 1 aliphatic heterocycles. The SMILES string of the molecule is CC1=CC(=O)C(C(=O)C=CC2C(C)CCCC2(C)C)C(=O)O1. The molecule has 2 aliphatic rings. The zero-order valence-electron chi connectivity index (χ0n) is 13.7. The number of carbonyl (C=O) groups excluding carboxylic acids is 3. The maximum absolute atomic E-state index is 12.2. The normalized spacial score (nSPS) is 31.8. The molecule has 1 fully saturated rings. The molecule has 1 aliphatic carbocycles. The molecule has 2 rings (SSSR count). The van der Waals surface area contributed by atoms with E-state index >= 15 is 0 Å². The molecule has 0 aromatic carbocycles.